The molecule has 4 nitrogen and oxygen atoms in total. The van der Waals surface area contributed by atoms with Gasteiger partial charge >= 0.3 is 0 Å². The van der Waals surface area contributed by atoms with E-state index in [1.165, 1.54) is 6.07 Å². The number of carbonyl (C=O) groups excluding carboxylic acids is 1. The zero-order chi connectivity index (χ0) is 10.6. The zero-order valence-corrected chi connectivity index (χ0v) is 8.74. The second-order valence-electron chi connectivity index (χ2n) is 2.45. The number of nitrogens with one attached hydrogen (secondary N) is 1. The predicted octanol–water partition coefficient (Wildman–Crippen LogP) is 2.97. The summed E-state index contributed by atoms with van der Waals surface area (Å²) in [6.45, 7) is 3.32. The number of carbonyl (C=O) groups is 1. The fraction of sp³-hybridized carbons (Fsp3) is 0. The van der Waals surface area contributed by atoms with E-state index in [-0.39, 0.29) is 11.6 Å². The fourth-order valence-corrected chi connectivity index (χ4v) is 1.20. The molecule has 0 aliphatic carbocycles. The number of nitrogens with zero attached hydrogens (tertiary/aromatic N) is 1. The third-order valence-corrected chi connectivity index (χ3v) is 2.19. The molecule has 0 radical (unpaired) electrons. The summed E-state index contributed by atoms with van der Waals surface area (Å²) in [6, 6.07) is 4.65. The second kappa shape index (κ2) is 4.66. The summed E-state index contributed by atoms with van der Waals surface area (Å²) in [7, 11) is 0. The van der Waals surface area contributed by atoms with Crippen molar-refractivity contribution in [3.05, 3.63) is 40.2 Å². The Morgan fingerprint density at radius 1 is 1.57 bits per heavy atom. The molecule has 1 rings (SSSR count). The Kier molecular flexibility index (Phi) is 3.53. The summed E-state index contributed by atoms with van der Waals surface area (Å²) >= 11 is 3.22. The Bertz CT molecular complexity index is 390. The molecule has 72 valence electrons. The Hall–Kier alpha value is -1.49. The van der Waals surface area contributed by atoms with Crippen molar-refractivity contribution in [3.63, 3.8) is 0 Å². The van der Waals surface area contributed by atoms with Crippen molar-refractivity contribution < 1.29 is 4.79 Å². The van der Waals surface area contributed by atoms with Crippen LogP contribution in [0.1, 0.15) is 0 Å². The lowest BCUT2D eigenvalue weighted by Crippen LogP contribution is -2.07. The van der Waals surface area contributed by atoms with Crippen LogP contribution in [-0.2, 0) is 4.79 Å². The zero-order valence-electron chi connectivity index (χ0n) is 7.16. The molecule has 0 saturated carbocycles. The molecule has 0 aliphatic heterocycles. The Morgan fingerprint density at radius 3 is 2.86 bits per heavy atom. The lowest BCUT2D eigenvalue weighted by atomic mass is 10.3. The number of nitroso groups, excluding NO2 is 1. The highest BCUT2D eigenvalue weighted by Gasteiger charge is 2.03. The van der Waals surface area contributed by atoms with Gasteiger partial charge in [-0.15, -0.1) is 4.91 Å². The van der Waals surface area contributed by atoms with Gasteiger partial charge in [0.1, 0.15) is 5.69 Å². The Morgan fingerprint density at radius 2 is 2.29 bits per heavy atom. The van der Waals surface area contributed by atoms with Gasteiger partial charge in [0, 0.05) is 4.47 Å². The van der Waals surface area contributed by atoms with Crippen LogP contribution in [0.2, 0.25) is 0 Å². The largest absolute Gasteiger partial charge is 0.321 e. The normalized spacial score (nSPS) is 9.21. The topological polar surface area (TPSA) is 58.5 Å². The van der Waals surface area contributed by atoms with Crippen LogP contribution in [0.5, 0.6) is 0 Å². The van der Waals surface area contributed by atoms with Crippen LogP contribution >= 0.6 is 15.9 Å². The van der Waals surface area contributed by atoms with E-state index < -0.39 is 0 Å². The van der Waals surface area contributed by atoms with E-state index in [4.69, 9.17) is 0 Å². The van der Waals surface area contributed by atoms with E-state index in [1.807, 2.05) is 0 Å². The van der Waals surface area contributed by atoms with Crippen molar-refractivity contribution in [2.24, 2.45) is 5.18 Å². The highest BCUT2D eigenvalue weighted by Crippen LogP contribution is 2.27. The molecule has 0 heterocycles. The van der Waals surface area contributed by atoms with E-state index in [0.717, 1.165) is 6.08 Å². The third kappa shape index (κ3) is 2.50. The summed E-state index contributed by atoms with van der Waals surface area (Å²) < 4.78 is 0.681. The summed E-state index contributed by atoms with van der Waals surface area (Å²) in [6.07, 6.45) is 1.15. The van der Waals surface area contributed by atoms with E-state index in [2.05, 4.69) is 33.0 Å². The smallest absolute Gasteiger partial charge is 0.247 e. The molecule has 5 heteroatoms. The van der Waals surface area contributed by atoms with E-state index >= 15 is 0 Å². The molecule has 0 spiro atoms. The summed E-state index contributed by atoms with van der Waals surface area (Å²) in [5.41, 5.74) is 0.750. The Labute approximate surface area is 89.1 Å². The number of benzene rings is 1. The molecule has 1 aromatic rings. The number of anilines is 1. The standard InChI is InChI=1S/C9H7BrN2O2/c1-2-9(13)11-8-5-6(12-14)3-4-7(8)10/h2-5H,1H2,(H,11,13). The SMILES string of the molecule is C=CC(=O)Nc1cc(N=O)ccc1Br. The van der Waals surface area contributed by atoms with Gasteiger partial charge in [0.15, 0.2) is 0 Å². The Balaban J connectivity index is 3.00. The van der Waals surface area contributed by atoms with Crippen molar-refractivity contribution in [2.45, 2.75) is 0 Å². The van der Waals surface area contributed by atoms with Gasteiger partial charge in [0.25, 0.3) is 0 Å². The molecule has 0 saturated heterocycles. The summed E-state index contributed by atoms with van der Waals surface area (Å²) in [4.78, 5) is 21.2. The van der Waals surface area contributed by atoms with E-state index in [0.29, 0.717) is 10.2 Å². The van der Waals surface area contributed by atoms with Crippen LogP contribution < -0.4 is 5.32 Å². The number of hydrogen-bond acceptors (Lipinski definition) is 3. The molecule has 0 aromatic heterocycles. The van der Waals surface area contributed by atoms with Gasteiger partial charge in [0.05, 0.1) is 5.69 Å². The van der Waals surface area contributed by atoms with Gasteiger partial charge in [-0.3, -0.25) is 4.79 Å². The van der Waals surface area contributed by atoms with Crippen LogP contribution in [0.3, 0.4) is 0 Å². The predicted molar refractivity (Wildman–Crippen MR) is 58.4 cm³/mol. The molecule has 0 unspecified atom stereocenters. The maximum atomic E-state index is 11.0. The number of amides is 1. The van der Waals surface area contributed by atoms with Crippen LogP contribution in [0.25, 0.3) is 0 Å². The summed E-state index contributed by atoms with van der Waals surface area (Å²) in [5.74, 6) is -0.339. The van der Waals surface area contributed by atoms with Gasteiger partial charge in [-0.05, 0) is 45.4 Å². The molecule has 1 N–H and O–H groups in total. The molecule has 0 fully saturated rings. The van der Waals surface area contributed by atoms with Crippen molar-refractivity contribution in [3.8, 4) is 0 Å². The molecular weight excluding hydrogens is 248 g/mol. The number of rotatable bonds is 3. The molecule has 14 heavy (non-hydrogen) atoms. The van der Waals surface area contributed by atoms with Gasteiger partial charge in [-0.2, -0.15) is 0 Å². The lowest BCUT2D eigenvalue weighted by molar-refractivity contribution is -0.111. The number of halogens is 1. The maximum Gasteiger partial charge on any atom is 0.247 e. The van der Waals surface area contributed by atoms with Crippen molar-refractivity contribution in [1.29, 1.82) is 0 Å². The quantitative estimate of drug-likeness (QED) is 0.666. The average molecular weight is 255 g/mol. The maximum absolute atomic E-state index is 11.0. The minimum atomic E-state index is -0.339. The van der Waals surface area contributed by atoms with Crippen LogP contribution in [0, 0.1) is 4.91 Å². The molecule has 1 aromatic carbocycles. The minimum absolute atomic E-state index is 0.257. The van der Waals surface area contributed by atoms with E-state index in [1.54, 1.807) is 12.1 Å². The van der Waals surface area contributed by atoms with Crippen molar-refractivity contribution in [1.82, 2.24) is 0 Å². The molecular formula is C9H7BrN2O2. The second-order valence-corrected chi connectivity index (χ2v) is 3.30. The van der Waals surface area contributed by atoms with Gasteiger partial charge in [0.2, 0.25) is 5.91 Å². The number of hydrogen-bond donors (Lipinski definition) is 1. The monoisotopic (exact) mass is 254 g/mol. The van der Waals surface area contributed by atoms with Crippen LogP contribution in [0.4, 0.5) is 11.4 Å². The lowest BCUT2D eigenvalue weighted by Gasteiger charge is -2.04. The fourth-order valence-electron chi connectivity index (χ4n) is 0.850. The van der Waals surface area contributed by atoms with Gasteiger partial charge in [-0.1, -0.05) is 6.58 Å². The van der Waals surface area contributed by atoms with Crippen LogP contribution in [0.15, 0.2) is 40.5 Å². The van der Waals surface area contributed by atoms with Gasteiger partial charge < -0.3 is 5.32 Å². The van der Waals surface area contributed by atoms with Crippen LogP contribution in [-0.4, -0.2) is 5.91 Å². The summed E-state index contributed by atoms with van der Waals surface area (Å²) in [5, 5.41) is 5.29. The first-order valence-corrected chi connectivity index (χ1v) is 4.53. The molecule has 0 bridgehead atoms. The first kappa shape index (κ1) is 10.6. The first-order valence-electron chi connectivity index (χ1n) is 3.73. The first-order chi connectivity index (χ1) is 6.67. The van der Waals surface area contributed by atoms with Gasteiger partial charge in [-0.25, -0.2) is 0 Å². The average Bonchev–Trinajstić information content (AvgIpc) is 2.21. The third-order valence-electron chi connectivity index (χ3n) is 1.50. The molecule has 0 aliphatic rings. The highest BCUT2D eigenvalue weighted by molar-refractivity contribution is 9.10. The molecule has 1 amide bonds. The van der Waals surface area contributed by atoms with Crippen molar-refractivity contribution >= 4 is 33.2 Å². The molecule has 0 atom stereocenters. The highest BCUT2D eigenvalue weighted by atomic mass is 79.9. The van der Waals surface area contributed by atoms with Crippen molar-refractivity contribution in [2.75, 3.05) is 5.32 Å². The van der Waals surface area contributed by atoms with E-state index in [9.17, 15) is 9.70 Å². The minimum Gasteiger partial charge on any atom is -0.321 e.